The summed E-state index contributed by atoms with van der Waals surface area (Å²) in [4.78, 5) is 17.3. The summed E-state index contributed by atoms with van der Waals surface area (Å²) in [5.41, 5.74) is 1.89. The number of nitrogens with zero attached hydrogens (tertiary/aromatic N) is 2. The van der Waals surface area contributed by atoms with Crippen molar-refractivity contribution < 1.29 is 14.3 Å². The normalized spacial score (nSPS) is 19.1. The lowest BCUT2D eigenvalue weighted by atomic mass is 9.92. The van der Waals surface area contributed by atoms with Crippen LogP contribution >= 0.6 is 11.6 Å². The Bertz CT molecular complexity index is 849. The van der Waals surface area contributed by atoms with E-state index in [1.165, 1.54) is 5.56 Å². The second-order valence-corrected chi connectivity index (χ2v) is 8.46. The molecule has 1 saturated heterocycles. The van der Waals surface area contributed by atoms with Gasteiger partial charge in [0, 0.05) is 39.8 Å². The van der Waals surface area contributed by atoms with E-state index in [4.69, 9.17) is 21.1 Å². The summed E-state index contributed by atoms with van der Waals surface area (Å²) in [5, 5.41) is 3.43. The van der Waals surface area contributed by atoms with Crippen LogP contribution in [0.1, 0.15) is 18.9 Å². The number of halogens is 1. The van der Waals surface area contributed by atoms with E-state index in [1.807, 2.05) is 18.0 Å². The highest BCUT2D eigenvalue weighted by Gasteiger charge is 2.31. The summed E-state index contributed by atoms with van der Waals surface area (Å²) in [6.07, 6.45) is 0.935. The van der Waals surface area contributed by atoms with Crippen LogP contribution in [0, 0.1) is 5.92 Å². The van der Waals surface area contributed by atoms with Gasteiger partial charge in [0.2, 0.25) is 0 Å². The van der Waals surface area contributed by atoms with Crippen LogP contribution < -0.4 is 10.1 Å². The second kappa shape index (κ2) is 11.4. The molecule has 0 aromatic heterocycles. The number of carbonyl (C=O) groups is 1. The number of hydrogen-bond donors (Lipinski definition) is 1. The van der Waals surface area contributed by atoms with Gasteiger partial charge < -0.3 is 19.7 Å². The molecule has 1 fully saturated rings. The highest BCUT2D eigenvalue weighted by Crippen LogP contribution is 2.33. The Kier molecular flexibility index (Phi) is 8.58. The molecule has 2 amide bonds. The van der Waals surface area contributed by atoms with E-state index in [0.29, 0.717) is 35.6 Å². The number of methoxy groups -OCH3 is 1. The number of likely N-dealkylation sites (tertiary alicyclic amines) is 1. The number of nitrogens with one attached hydrogen (secondary N) is 1. The second-order valence-electron chi connectivity index (χ2n) is 8.05. The third kappa shape index (κ3) is 6.35. The number of rotatable bonds is 8. The van der Waals surface area contributed by atoms with E-state index in [0.717, 1.165) is 26.1 Å². The molecule has 3 rings (SSSR count). The Morgan fingerprint density at radius 1 is 1.19 bits per heavy atom. The molecule has 2 aromatic rings. The number of ether oxygens (including phenoxy) is 2. The lowest BCUT2D eigenvalue weighted by Gasteiger charge is -2.41. The SMILES string of the molecule is COCCOc1c(Cl)cccc1NC(=O)N(C)[C@@H]1CCN(Cc2ccccc2)C[C@H]1C. The molecule has 1 aliphatic heterocycles. The molecule has 7 heteroatoms. The molecule has 0 spiro atoms. The van der Waals surface area contributed by atoms with Gasteiger partial charge in [0.05, 0.1) is 17.3 Å². The van der Waals surface area contributed by atoms with Crippen LogP contribution in [-0.2, 0) is 11.3 Å². The van der Waals surface area contributed by atoms with Crippen molar-refractivity contribution >= 4 is 23.3 Å². The van der Waals surface area contributed by atoms with Crippen LogP contribution in [0.15, 0.2) is 48.5 Å². The van der Waals surface area contributed by atoms with E-state index >= 15 is 0 Å². The lowest BCUT2D eigenvalue weighted by Crippen LogP contribution is -2.51. The molecule has 0 unspecified atom stereocenters. The minimum Gasteiger partial charge on any atom is -0.487 e. The highest BCUT2D eigenvalue weighted by atomic mass is 35.5. The molecule has 0 saturated carbocycles. The minimum atomic E-state index is -0.160. The largest absolute Gasteiger partial charge is 0.487 e. The Morgan fingerprint density at radius 2 is 1.97 bits per heavy atom. The average Bonchev–Trinajstić information content (AvgIpc) is 2.76. The molecular formula is C24H32ClN3O3. The first-order chi connectivity index (χ1) is 15.0. The van der Waals surface area contributed by atoms with E-state index in [2.05, 4.69) is 41.4 Å². The summed E-state index contributed by atoms with van der Waals surface area (Å²) in [6, 6.07) is 15.9. The van der Waals surface area contributed by atoms with Gasteiger partial charge in [-0.1, -0.05) is 54.9 Å². The standard InChI is InChI=1S/C24H32ClN3O3/c1-18-16-28(17-19-8-5-4-6-9-19)13-12-22(18)27(2)24(29)26-21-11-7-10-20(25)23(21)31-15-14-30-3/h4-11,18,22H,12-17H2,1-3H3,(H,26,29)/t18-,22-/m1/s1. The predicted molar refractivity (Wildman–Crippen MR) is 125 cm³/mol. The molecule has 1 N–H and O–H groups in total. The number of urea groups is 1. The average molecular weight is 446 g/mol. The maximum Gasteiger partial charge on any atom is 0.321 e. The zero-order valence-corrected chi connectivity index (χ0v) is 19.3. The summed E-state index contributed by atoms with van der Waals surface area (Å²) >= 11 is 6.29. The van der Waals surface area contributed by atoms with Gasteiger partial charge in [-0.25, -0.2) is 4.79 Å². The Hall–Kier alpha value is -2.28. The maximum absolute atomic E-state index is 13.0. The zero-order chi connectivity index (χ0) is 22.2. The van der Waals surface area contributed by atoms with Crippen molar-refractivity contribution in [2.45, 2.75) is 25.9 Å². The quantitative estimate of drug-likeness (QED) is 0.596. The van der Waals surface area contributed by atoms with Crippen LogP contribution in [0.5, 0.6) is 5.75 Å². The fourth-order valence-electron chi connectivity index (χ4n) is 4.12. The molecule has 2 atom stereocenters. The van der Waals surface area contributed by atoms with Crippen LogP contribution in [0.25, 0.3) is 0 Å². The van der Waals surface area contributed by atoms with E-state index in [1.54, 1.807) is 25.3 Å². The monoisotopic (exact) mass is 445 g/mol. The number of para-hydroxylation sites is 1. The van der Waals surface area contributed by atoms with Gasteiger partial charge in [-0.15, -0.1) is 0 Å². The van der Waals surface area contributed by atoms with Crippen LogP contribution in [-0.4, -0.2) is 62.3 Å². The van der Waals surface area contributed by atoms with Gasteiger partial charge in [0.15, 0.2) is 5.75 Å². The van der Waals surface area contributed by atoms with Gasteiger partial charge in [-0.2, -0.15) is 0 Å². The summed E-state index contributed by atoms with van der Waals surface area (Å²) in [5.74, 6) is 0.832. The third-order valence-electron chi connectivity index (χ3n) is 5.75. The maximum atomic E-state index is 13.0. The van der Waals surface area contributed by atoms with Crippen LogP contribution in [0.4, 0.5) is 10.5 Å². The van der Waals surface area contributed by atoms with Crippen molar-refractivity contribution in [3.8, 4) is 5.75 Å². The predicted octanol–water partition coefficient (Wildman–Crippen LogP) is 4.74. The summed E-state index contributed by atoms with van der Waals surface area (Å²) in [6.45, 7) is 5.87. The molecule has 1 aliphatic rings. The number of anilines is 1. The minimum absolute atomic E-state index is 0.160. The molecule has 168 valence electrons. The first-order valence-corrected chi connectivity index (χ1v) is 11.1. The van der Waals surface area contributed by atoms with Gasteiger partial charge in [0.25, 0.3) is 0 Å². The molecule has 0 radical (unpaired) electrons. The molecular weight excluding hydrogens is 414 g/mol. The molecule has 31 heavy (non-hydrogen) atoms. The third-order valence-corrected chi connectivity index (χ3v) is 6.05. The topological polar surface area (TPSA) is 54.0 Å². The fourth-order valence-corrected chi connectivity index (χ4v) is 4.34. The van der Waals surface area contributed by atoms with Gasteiger partial charge >= 0.3 is 6.03 Å². The van der Waals surface area contributed by atoms with Gasteiger partial charge in [0.1, 0.15) is 6.61 Å². The van der Waals surface area contributed by atoms with Crippen molar-refractivity contribution in [3.05, 3.63) is 59.1 Å². The molecule has 0 bridgehead atoms. The first-order valence-electron chi connectivity index (χ1n) is 10.7. The number of piperidine rings is 1. The smallest absolute Gasteiger partial charge is 0.321 e. The lowest BCUT2D eigenvalue weighted by molar-refractivity contribution is 0.0933. The van der Waals surface area contributed by atoms with Crippen LogP contribution in [0.2, 0.25) is 5.02 Å². The van der Waals surface area contributed by atoms with Crippen molar-refractivity contribution in [1.82, 2.24) is 9.80 Å². The zero-order valence-electron chi connectivity index (χ0n) is 18.5. The fraction of sp³-hybridized carbons (Fsp3) is 0.458. The first kappa shape index (κ1) is 23.4. The number of carbonyl (C=O) groups excluding carboxylic acids is 1. The Balaban J connectivity index is 1.59. The summed E-state index contributed by atoms with van der Waals surface area (Å²) < 4.78 is 10.8. The van der Waals surface area contributed by atoms with Gasteiger partial charge in [-0.05, 0) is 30.0 Å². The van der Waals surface area contributed by atoms with Crippen molar-refractivity contribution in [2.24, 2.45) is 5.92 Å². The van der Waals surface area contributed by atoms with Crippen LogP contribution in [0.3, 0.4) is 0 Å². The number of amides is 2. The van der Waals surface area contributed by atoms with E-state index in [-0.39, 0.29) is 12.1 Å². The molecule has 2 aromatic carbocycles. The Morgan fingerprint density at radius 3 is 2.68 bits per heavy atom. The van der Waals surface area contributed by atoms with Crippen molar-refractivity contribution in [2.75, 3.05) is 45.8 Å². The van der Waals surface area contributed by atoms with E-state index in [9.17, 15) is 4.79 Å². The number of benzene rings is 2. The van der Waals surface area contributed by atoms with Crippen molar-refractivity contribution in [3.63, 3.8) is 0 Å². The highest BCUT2D eigenvalue weighted by molar-refractivity contribution is 6.32. The summed E-state index contributed by atoms with van der Waals surface area (Å²) in [7, 11) is 3.47. The van der Waals surface area contributed by atoms with Gasteiger partial charge in [-0.3, -0.25) is 4.90 Å². The van der Waals surface area contributed by atoms with E-state index < -0.39 is 0 Å². The molecule has 1 heterocycles. The Labute approximate surface area is 190 Å². The molecule has 0 aliphatic carbocycles. The van der Waals surface area contributed by atoms with Crippen molar-refractivity contribution in [1.29, 1.82) is 0 Å². The number of hydrogen-bond acceptors (Lipinski definition) is 4. The molecule has 6 nitrogen and oxygen atoms in total.